The van der Waals surface area contributed by atoms with Gasteiger partial charge in [-0.2, -0.15) is 0 Å². The third-order valence-electron chi connectivity index (χ3n) is 2.36. The number of aryl methyl sites for hydroxylation is 1. The minimum Gasteiger partial charge on any atom is -0.207 e. The number of thiophene rings is 1. The first kappa shape index (κ1) is 13.3. The van der Waals surface area contributed by atoms with Gasteiger partial charge in [0.1, 0.15) is 5.82 Å². The molecule has 0 nitrogen and oxygen atoms in total. The van der Waals surface area contributed by atoms with Gasteiger partial charge in [0, 0.05) is 9.35 Å². The molecule has 1 unspecified atom stereocenters. The Morgan fingerprint density at radius 1 is 1.35 bits per heavy atom. The summed E-state index contributed by atoms with van der Waals surface area (Å²) < 4.78 is 14.7. The number of alkyl halides is 1. The summed E-state index contributed by atoms with van der Waals surface area (Å²) in [5, 5.41) is -0.392. The molecular formula is C12H8BrCl2FS. The van der Waals surface area contributed by atoms with Gasteiger partial charge in [-0.1, -0.05) is 27.5 Å². The third kappa shape index (κ3) is 2.84. The Balaban J connectivity index is 2.42. The zero-order valence-electron chi connectivity index (χ0n) is 8.81. The molecule has 0 saturated heterocycles. The van der Waals surface area contributed by atoms with Gasteiger partial charge in [-0.3, -0.25) is 0 Å². The highest BCUT2D eigenvalue weighted by Crippen LogP contribution is 2.40. The van der Waals surface area contributed by atoms with Gasteiger partial charge in [0.15, 0.2) is 0 Å². The summed E-state index contributed by atoms with van der Waals surface area (Å²) in [4.78, 5) is 0.917. The van der Waals surface area contributed by atoms with Gasteiger partial charge in [-0.15, -0.1) is 22.9 Å². The number of benzene rings is 1. The van der Waals surface area contributed by atoms with Crippen LogP contribution in [-0.2, 0) is 0 Å². The Morgan fingerprint density at radius 2 is 2.06 bits per heavy atom. The molecule has 5 heteroatoms. The summed E-state index contributed by atoms with van der Waals surface area (Å²) in [5.41, 5.74) is 1.70. The SMILES string of the molecule is Cc1cc(C(Cl)c2cc(F)ccc2Br)sc1Cl. The molecule has 1 aromatic carbocycles. The molecule has 0 aliphatic heterocycles. The number of halogens is 4. The summed E-state index contributed by atoms with van der Waals surface area (Å²) in [5.74, 6) is -0.298. The summed E-state index contributed by atoms with van der Waals surface area (Å²) in [6.07, 6.45) is 0. The Kier molecular flexibility index (Phi) is 4.14. The van der Waals surface area contributed by atoms with E-state index in [4.69, 9.17) is 23.2 Å². The average molecular weight is 354 g/mol. The van der Waals surface area contributed by atoms with Gasteiger partial charge >= 0.3 is 0 Å². The largest absolute Gasteiger partial charge is 0.207 e. The van der Waals surface area contributed by atoms with Crippen LogP contribution in [0.4, 0.5) is 4.39 Å². The van der Waals surface area contributed by atoms with Crippen molar-refractivity contribution in [2.24, 2.45) is 0 Å². The van der Waals surface area contributed by atoms with Gasteiger partial charge in [0.2, 0.25) is 0 Å². The molecule has 90 valence electrons. The molecule has 0 N–H and O–H groups in total. The lowest BCUT2D eigenvalue weighted by atomic mass is 10.1. The van der Waals surface area contributed by atoms with Gasteiger partial charge in [-0.05, 0) is 42.3 Å². The second kappa shape index (κ2) is 5.27. The minimum absolute atomic E-state index is 0.298. The van der Waals surface area contributed by atoms with E-state index in [1.807, 2.05) is 13.0 Å². The van der Waals surface area contributed by atoms with E-state index < -0.39 is 5.38 Å². The van der Waals surface area contributed by atoms with Gasteiger partial charge < -0.3 is 0 Å². The van der Waals surface area contributed by atoms with E-state index in [0.29, 0.717) is 5.56 Å². The van der Waals surface area contributed by atoms with E-state index >= 15 is 0 Å². The Morgan fingerprint density at radius 3 is 2.65 bits per heavy atom. The van der Waals surface area contributed by atoms with Crippen LogP contribution in [-0.4, -0.2) is 0 Å². The van der Waals surface area contributed by atoms with Crippen LogP contribution in [0.15, 0.2) is 28.7 Å². The molecule has 0 bridgehead atoms. The predicted molar refractivity (Wildman–Crippen MR) is 75.9 cm³/mol. The Bertz CT molecular complexity index is 534. The van der Waals surface area contributed by atoms with Crippen LogP contribution in [0.3, 0.4) is 0 Å². The first-order valence-corrected chi connectivity index (χ1v) is 7.26. The fourth-order valence-corrected chi connectivity index (χ4v) is 3.67. The lowest BCUT2D eigenvalue weighted by Crippen LogP contribution is -1.93. The molecule has 2 aromatic rings. The molecule has 1 aromatic heterocycles. The van der Waals surface area contributed by atoms with Crippen molar-refractivity contribution in [2.45, 2.75) is 12.3 Å². The zero-order valence-corrected chi connectivity index (χ0v) is 12.7. The Labute approximate surface area is 121 Å². The van der Waals surface area contributed by atoms with Crippen molar-refractivity contribution >= 4 is 50.5 Å². The van der Waals surface area contributed by atoms with Crippen LogP contribution in [0, 0.1) is 12.7 Å². The van der Waals surface area contributed by atoms with Crippen LogP contribution < -0.4 is 0 Å². The lowest BCUT2D eigenvalue weighted by molar-refractivity contribution is 0.625. The summed E-state index contributed by atoms with van der Waals surface area (Å²) in [6, 6.07) is 6.42. The molecule has 0 aliphatic rings. The smallest absolute Gasteiger partial charge is 0.123 e. The lowest BCUT2D eigenvalue weighted by Gasteiger charge is -2.10. The average Bonchev–Trinajstić information content (AvgIpc) is 2.62. The van der Waals surface area contributed by atoms with E-state index in [0.717, 1.165) is 19.2 Å². The standard InChI is InChI=1S/C12H8BrCl2FS/c1-6-4-10(17-12(6)15)11(14)8-5-7(16)2-3-9(8)13/h2-5,11H,1H3. The highest BCUT2D eigenvalue weighted by molar-refractivity contribution is 9.10. The fraction of sp³-hybridized carbons (Fsp3) is 0.167. The van der Waals surface area contributed by atoms with Crippen molar-refractivity contribution in [3.63, 3.8) is 0 Å². The third-order valence-corrected chi connectivity index (χ3v) is 5.30. The second-order valence-corrected chi connectivity index (χ2v) is 6.61. The monoisotopic (exact) mass is 352 g/mol. The van der Waals surface area contributed by atoms with E-state index in [2.05, 4.69) is 15.9 Å². The molecule has 0 amide bonds. The topological polar surface area (TPSA) is 0 Å². The first-order chi connectivity index (χ1) is 7.99. The molecule has 0 spiro atoms. The summed E-state index contributed by atoms with van der Waals surface area (Å²) in [7, 11) is 0. The fourth-order valence-electron chi connectivity index (χ4n) is 1.47. The number of hydrogen-bond donors (Lipinski definition) is 0. The molecule has 2 rings (SSSR count). The van der Waals surface area contributed by atoms with Gasteiger partial charge in [0.05, 0.1) is 9.71 Å². The summed E-state index contributed by atoms with van der Waals surface area (Å²) in [6.45, 7) is 1.92. The van der Waals surface area contributed by atoms with Gasteiger partial charge in [-0.25, -0.2) is 4.39 Å². The summed E-state index contributed by atoms with van der Waals surface area (Å²) >= 11 is 17.2. The molecule has 0 radical (unpaired) electrons. The quantitative estimate of drug-likeness (QED) is 0.586. The maximum absolute atomic E-state index is 13.2. The van der Waals surface area contributed by atoms with E-state index in [-0.39, 0.29) is 5.82 Å². The van der Waals surface area contributed by atoms with Crippen LogP contribution in [0.25, 0.3) is 0 Å². The van der Waals surface area contributed by atoms with E-state index in [9.17, 15) is 4.39 Å². The maximum Gasteiger partial charge on any atom is 0.123 e. The van der Waals surface area contributed by atoms with Crippen LogP contribution in [0.1, 0.15) is 21.4 Å². The van der Waals surface area contributed by atoms with Crippen molar-refractivity contribution in [1.82, 2.24) is 0 Å². The number of rotatable bonds is 2. The van der Waals surface area contributed by atoms with E-state index in [1.165, 1.54) is 23.5 Å². The molecule has 0 fully saturated rings. The molecule has 1 atom stereocenters. The van der Waals surface area contributed by atoms with Crippen molar-refractivity contribution in [3.05, 3.63) is 54.9 Å². The van der Waals surface area contributed by atoms with E-state index in [1.54, 1.807) is 6.07 Å². The van der Waals surface area contributed by atoms with Crippen LogP contribution in [0.2, 0.25) is 4.34 Å². The predicted octanol–water partition coefficient (Wildman–Crippen LogP) is 5.94. The second-order valence-electron chi connectivity index (χ2n) is 3.63. The minimum atomic E-state index is -0.392. The first-order valence-electron chi connectivity index (χ1n) is 4.84. The Hall–Kier alpha value is -0.0900. The van der Waals surface area contributed by atoms with Crippen molar-refractivity contribution < 1.29 is 4.39 Å². The highest BCUT2D eigenvalue weighted by Gasteiger charge is 2.18. The van der Waals surface area contributed by atoms with Crippen molar-refractivity contribution in [3.8, 4) is 0 Å². The highest BCUT2D eigenvalue weighted by atomic mass is 79.9. The van der Waals surface area contributed by atoms with Crippen molar-refractivity contribution in [1.29, 1.82) is 0 Å². The zero-order chi connectivity index (χ0) is 12.6. The molecule has 0 saturated carbocycles. The molecular weight excluding hydrogens is 346 g/mol. The molecule has 17 heavy (non-hydrogen) atoms. The molecule has 1 heterocycles. The van der Waals surface area contributed by atoms with Crippen molar-refractivity contribution in [2.75, 3.05) is 0 Å². The maximum atomic E-state index is 13.2. The normalized spacial score (nSPS) is 12.8. The molecule has 0 aliphatic carbocycles. The number of hydrogen-bond acceptors (Lipinski definition) is 1. The van der Waals surface area contributed by atoms with Gasteiger partial charge in [0.25, 0.3) is 0 Å². The van der Waals surface area contributed by atoms with Crippen LogP contribution in [0.5, 0.6) is 0 Å². The van der Waals surface area contributed by atoms with Crippen LogP contribution >= 0.6 is 50.5 Å².